The number of benzene rings is 2. The second kappa shape index (κ2) is 6.19. The van der Waals surface area contributed by atoms with E-state index in [1.54, 1.807) is 31.6 Å². The molecule has 152 valence electrons. The number of phenolic OH excluding ortho intramolecular Hbond substituents is 1. The molecule has 5 rings (SSSR count). The average Bonchev–Trinajstić information content (AvgIpc) is 3.46. The van der Waals surface area contributed by atoms with Gasteiger partial charge < -0.3 is 20.5 Å². The molecule has 0 unspecified atom stereocenters. The zero-order valence-corrected chi connectivity index (χ0v) is 16.3. The highest BCUT2D eigenvalue weighted by molar-refractivity contribution is 6.13. The molecule has 1 saturated carbocycles. The molecule has 2 aromatic heterocycles. The third kappa shape index (κ3) is 2.55. The Morgan fingerprint density at radius 3 is 2.53 bits per heavy atom. The lowest BCUT2D eigenvalue weighted by Gasteiger charge is -2.18. The second-order valence-electron chi connectivity index (χ2n) is 8.07. The van der Waals surface area contributed by atoms with Crippen molar-refractivity contribution in [3.05, 3.63) is 65.2 Å². The summed E-state index contributed by atoms with van der Waals surface area (Å²) in [5.41, 5.74) is 7.72. The highest BCUT2D eigenvalue weighted by atomic mass is 19.1. The fourth-order valence-corrected chi connectivity index (χ4v) is 4.38. The molecular formula is C23H20FN3O3. The minimum absolute atomic E-state index is 0.0943. The molecule has 0 bridgehead atoms. The van der Waals surface area contributed by atoms with E-state index >= 15 is 0 Å². The van der Waals surface area contributed by atoms with Crippen LogP contribution in [0.15, 0.2) is 42.7 Å². The Labute approximate surface area is 171 Å². The van der Waals surface area contributed by atoms with Crippen LogP contribution in [0.25, 0.3) is 21.7 Å². The maximum Gasteiger partial charge on any atom is 0.228 e. The van der Waals surface area contributed by atoms with Crippen LogP contribution in [0.4, 0.5) is 4.39 Å². The van der Waals surface area contributed by atoms with E-state index in [1.165, 1.54) is 16.7 Å². The molecule has 4 N–H and O–H groups in total. The molecule has 30 heavy (non-hydrogen) atoms. The van der Waals surface area contributed by atoms with Crippen molar-refractivity contribution >= 4 is 27.6 Å². The lowest BCUT2D eigenvalue weighted by atomic mass is 9.87. The zero-order valence-electron chi connectivity index (χ0n) is 16.3. The third-order valence-electron chi connectivity index (χ3n) is 6.12. The van der Waals surface area contributed by atoms with Crippen molar-refractivity contribution in [2.45, 2.75) is 24.7 Å². The number of fused-ring (bicyclic) bond motifs is 2. The molecule has 0 aliphatic heterocycles. The number of nitrogens with zero attached hydrogens (tertiary/aromatic N) is 2. The number of nitrogens with two attached hydrogens (primary N) is 1. The van der Waals surface area contributed by atoms with E-state index in [-0.39, 0.29) is 22.8 Å². The molecule has 0 radical (unpaired) electrons. The quantitative estimate of drug-likeness (QED) is 0.484. The summed E-state index contributed by atoms with van der Waals surface area (Å²) in [4.78, 5) is 16.9. The number of carbonyl (C=O) groups excluding carboxylic acids is 1. The monoisotopic (exact) mass is 405 g/mol. The third-order valence-corrected chi connectivity index (χ3v) is 6.12. The molecule has 2 aromatic carbocycles. The summed E-state index contributed by atoms with van der Waals surface area (Å²) in [6.07, 6.45) is 5.08. The van der Waals surface area contributed by atoms with Crippen molar-refractivity contribution in [3.63, 3.8) is 0 Å². The van der Waals surface area contributed by atoms with Crippen LogP contribution < -0.4 is 5.73 Å². The first kappa shape index (κ1) is 18.4. The van der Waals surface area contributed by atoms with Gasteiger partial charge in [-0.05, 0) is 54.2 Å². The number of rotatable bonds is 4. The predicted octanol–water partition coefficient (Wildman–Crippen LogP) is 3.38. The van der Waals surface area contributed by atoms with Crippen molar-refractivity contribution in [1.82, 2.24) is 9.55 Å². The fraction of sp³-hybridized carbons (Fsp3) is 0.217. The number of primary amides is 1. The highest BCUT2D eigenvalue weighted by Gasteiger charge is 2.52. The maximum atomic E-state index is 13.2. The largest absolute Gasteiger partial charge is 0.505 e. The Morgan fingerprint density at radius 2 is 1.90 bits per heavy atom. The van der Waals surface area contributed by atoms with Crippen LogP contribution in [0.3, 0.4) is 0 Å². The van der Waals surface area contributed by atoms with Crippen molar-refractivity contribution in [1.29, 1.82) is 0 Å². The van der Waals surface area contributed by atoms with Gasteiger partial charge in [-0.1, -0.05) is 12.1 Å². The fourth-order valence-electron chi connectivity index (χ4n) is 4.38. The summed E-state index contributed by atoms with van der Waals surface area (Å²) >= 11 is 0. The van der Waals surface area contributed by atoms with Gasteiger partial charge in [-0.15, -0.1) is 0 Å². The molecule has 0 saturated heterocycles. The summed E-state index contributed by atoms with van der Waals surface area (Å²) < 4.78 is 14.7. The van der Waals surface area contributed by atoms with Gasteiger partial charge in [0.1, 0.15) is 11.3 Å². The normalized spacial score (nSPS) is 15.0. The standard InChI is InChI=1S/C23H20FN3O3/c1-27-11-16-17(21(27)29)20(28)19-15(18(16)23(6-7-23)22(25)30)9-13(10-26-19)8-12-2-4-14(24)5-3-12/h2-5,9-11,28-29H,6-8H2,1H3,(H2,25,30). The number of hydrogen-bond donors (Lipinski definition) is 3. The topological polar surface area (TPSA) is 101 Å². The molecule has 7 heteroatoms. The van der Waals surface area contributed by atoms with E-state index in [0.29, 0.717) is 41.1 Å². The van der Waals surface area contributed by atoms with Crippen LogP contribution in [0.1, 0.15) is 29.5 Å². The first-order valence-corrected chi connectivity index (χ1v) is 9.68. The van der Waals surface area contributed by atoms with E-state index in [0.717, 1.165) is 11.1 Å². The van der Waals surface area contributed by atoms with Crippen LogP contribution in [-0.4, -0.2) is 25.7 Å². The highest BCUT2D eigenvalue weighted by Crippen LogP contribution is 2.55. The van der Waals surface area contributed by atoms with E-state index in [9.17, 15) is 19.4 Å². The first-order chi connectivity index (χ1) is 14.3. The lowest BCUT2D eigenvalue weighted by Crippen LogP contribution is -2.28. The summed E-state index contributed by atoms with van der Waals surface area (Å²) in [5.74, 6) is -0.951. The van der Waals surface area contributed by atoms with Gasteiger partial charge in [0.15, 0.2) is 5.75 Å². The van der Waals surface area contributed by atoms with Gasteiger partial charge in [-0.3, -0.25) is 9.78 Å². The van der Waals surface area contributed by atoms with Gasteiger partial charge >= 0.3 is 0 Å². The number of halogens is 1. The van der Waals surface area contributed by atoms with Crippen molar-refractivity contribution in [2.75, 3.05) is 0 Å². The smallest absolute Gasteiger partial charge is 0.228 e. The van der Waals surface area contributed by atoms with E-state index < -0.39 is 11.3 Å². The summed E-state index contributed by atoms with van der Waals surface area (Å²) in [7, 11) is 1.67. The van der Waals surface area contributed by atoms with Crippen LogP contribution in [0.5, 0.6) is 11.6 Å². The van der Waals surface area contributed by atoms with E-state index in [4.69, 9.17) is 5.73 Å². The number of aromatic nitrogens is 2. The minimum Gasteiger partial charge on any atom is -0.505 e. The van der Waals surface area contributed by atoms with Gasteiger partial charge in [-0.2, -0.15) is 0 Å². The van der Waals surface area contributed by atoms with Gasteiger partial charge in [0.05, 0.1) is 10.8 Å². The van der Waals surface area contributed by atoms with Crippen molar-refractivity contribution in [2.24, 2.45) is 12.8 Å². The molecule has 4 aromatic rings. The SMILES string of the molecule is Cn1cc2c(C3(C(N)=O)CC3)c3cc(Cc4ccc(F)cc4)cnc3c(O)c2c1O. The Balaban J connectivity index is 1.79. The molecular weight excluding hydrogens is 385 g/mol. The molecule has 1 amide bonds. The number of carbonyl (C=O) groups is 1. The summed E-state index contributed by atoms with van der Waals surface area (Å²) in [6.45, 7) is 0. The molecule has 0 spiro atoms. The summed E-state index contributed by atoms with van der Waals surface area (Å²) in [5, 5.41) is 22.9. The van der Waals surface area contributed by atoms with Crippen LogP contribution in [-0.2, 0) is 23.7 Å². The molecule has 2 heterocycles. The molecule has 0 atom stereocenters. The number of amides is 1. The van der Waals surface area contributed by atoms with Gasteiger partial charge in [0, 0.05) is 30.2 Å². The average molecular weight is 405 g/mol. The van der Waals surface area contributed by atoms with Crippen LogP contribution in [0, 0.1) is 5.82 Å². The molecule has 1 aliphatic rings. The van der Waals surface area contributed by atoms with Crippen molar-refractivity contribution in [3.8, 4) is 11.6 Å². The number of aromatic hydroxyl groups is 2. The number of hydrogen-bond acceptors (Lipinski definition) is 4. The van der Waals surface area contributed by atoms with E-state index in [2.05, 4.69) is 4.98 Å². The zero-order chi connectivity index (χ0) is 21.2. The van der Waals surface area contributed by atoms with Gasteiger partial charge in [0.2, 0.25) is 11.8 Å². The summed E-state index contributed by atoms with van der Waals surface area (Å²) in [6, 6.07) is 8.13. The number of pyridine rings is 1. The molecule has 1 fully saturated rings. The molecule has 1 aliphatic carbocycles. The maximum absolute atomic E-state index is 13.2. The van der Waals surface area contributed by atoms with E-state index in [1.807, 2.05) is 6.07 Å². The van der Waals surface area contributed by atoms with Crippen LogP contribution in [0.2, 0.25) is 0 Å². The van der Waals surface area contributed by atoms with Gasteiger partial charge in [0.25, 0.3) is 0 Å². The Morgan fingerprint density at radius 1 is 1.20 bits per heavy atom. The predicted molar refractivity (Wildman–Crippen MR) is 111 cm³/mol. The minimum atomic E-state index is -0.839. The Kier molecular flexibility index (Phi) is 3.80. The lowest BCUT2D eigenvalue weighted by molar-refractivity contribution is -0.120. The van der Waals surface area contributed by atoms with Crippen molar-refractivity contribution < 1.29 is 19.4 Å². The van der Waals surface area contributed by atoms with Crippen LogP contribution >= 0.6 is 0 Å². The number of phenols is 1. The van der Waals surface area contributed by atoms with Gasteiger partial charge in [-0.25, -0.2) is 4.39 Å². The Bertz CT molecular complexity index is 1340. The first-order valence-electron chi connectivity index (χ1n) is 9.68. The second-order valence-corrected chi connectivity index (χ2v) is 8.07. The number of aryl methyl sites for hydroxylation is 1. The molecule has 6 nitrogen and oxygen atoms in total. The Hall–Kier alpha value is -3.61.